The van der Waals surface area contributed by atoms with Crippen LogP contribution >= 0.6 is 12.2 Å². The lowest BCUT2D eigenvalue weighted by Gasteiger charge is -2.12. The van der Waals surface area contributed by atoms with Gasteiger partial charge in [-0.3, -0.25) is 19.1 Å². The van der Waals surface area contributed by atoms with Crippen molar-refractivity contribution in [2.45, 2.75) is 19.9 Å². The summed E-state index contributed by atoms with van der Waals surface area (Å²) in [5, 5.41) is 14.2. The predicted octanol–water partition coefficient (Wildman–Crippen LogP) is 1.48. The molecule has 1 heterocycles. The maximum absolute atomic E-state index is 12.9. The first kappa shape index (κ1) is 20.5. The summed E-state index contributed by atoms with van der Waals surface area (Å²) in [6, 6.07) is 5.49. The molecule has 1 aromatic heterocycles. The van der Waals surface area contributed by atoms with Crippen LogP contribution in [0.2, 0.25) is 0 Å². The van der Waals surface area contributed by atoms with Crippen LogP contribution in [0.4, 0.5) is 4.39 Å². The minimum Gasteiger partial charge on any atom is -0.494 e. The van der Waals surface area contributed by atoms with E-state index in [1.807, 2.05) is 0 Å². The zero-order valence-corrected chi connectivity index (χ0v) is 15.6. The van der Waals surface area contributed by atoms with Crippen molar-refractivity contribution in [3.63, 3.8) is 0 Å². The van der Waals surface area contributed by atoms with Crippen molar-refractivity contribution in [2.75, 3.05) is 13.7 Å². The minimum absolute atomic E-state index is 0.0155. The minimum atomic E-state index is -0.625. The second-order valence-corrected chi connectivity index (χ2v) is 6.02. The molecule has 1 aromatic carbocycles. The molecule has 0 unspecified atom stereocenters. The number of methoxy groups -OCH3 is 1. The molecule has 10 heteroatoms. The van der Waals surface area contributed by atoms with Gasteiger partial charge in [0, 0.05) is 7.11 Å². The highest BCUT2D eigenvalue weighted by atomic mass is 32.1. The van der Waals surface area contributed by atoms with E-state index in [-0.39, 0.29) is 41.5 Å². The average Bonchev–Trinajstić information content (AvgIpc) is 2.61. The Bertz CT molecular complexity index is 966. The van der Waals surface area contributed by atoms with E-state index in [4.69, 9.17) is 17.0 Å². The summed E-state index contributed by atoms with van der Waals surface area (Å²) in [5.41, 5.74) is 2.28. The lowest BCUT2D eigenvalue weighted by molar-refractivity contribution is -0.120. The Morgan fingerprint density at radius 3 is 2.70 bits per heavy atom. The van der Waals surface area contributed by atoms with Crippen LogP contribution in [-0.2, 0) is 22.5 Å². The standard InChI is InChI=1S/C17H19FN4O4S/c1-10(20-21-13(23)9-11-3-5-12(18)6-4-11)14-15(24)19-17(27)22(16(14)25)7-8-26-2/h3-6,25H,7-9H2,1-2H3,(H,21,23)(H,19,24,27)/b20-10-. The van der Waals surface area contributed by atoms with E-state index in [0.717, 1.165) is 0 Å². The Balaban J connectivity index is 2.19. The van der Waals surface area contributed by atoms with E-state index < -0.39 is 17.3 Å². The van der Waals surface area contributed by atoms with Crippen molar-refractivity contribution in [1.82, 2.24) is 15.0 Å². The average molecular weight is 394 g/mol. The van der Waals surface area contributed by atoms with Gasteiger partial charge in [0.25, 0.3) is 5.56 Å². The summed E-state index contributed by atoms with van der Waals surface area (Å²) in [5.74, 6) is -1.21. The van der Waals surface area contributed by atoms with E-state index in [9.17, 15) is 19.1 Å². The molecule has 3 N–H and O–H groups in total. The van der Waals surface area contributed by atoms with Crippen LogP contribution in [0.25, 0.3) is 0 Å². The molecule has 27 heavy (non-hydrogen) atoms. The number of H-pyrrole nitrogens is 1. The molecule has 0 aliphatic carbocycles. The number of ether oxygens (including phenoxy) is 1. The molecular formula is C17H19FN4O4S. The summed E-state index contributed by atoms with van der Waals surface area (Å²) in [7, 11) is 1.50. The predicted molar refractivity (Wildman–Crippen MR) is 99.9 cm³/mol. The van der Waals surface area contributed by atoms with Crippen LogP contribution in [0.1, 0.15) is 18.1 Å². The summed E-state index contributed by atoms with van der Waals surface area (Å²) < 4.78 is 19.2. The maximum atomic E-state index is 12.9. The van der Waals surface area contributed by atoms with Gasteiger partial charge >= 0.3 is 0 Å². The van der Waals surface area contributed by atoms with Gasteiger partial charge in [-0.15, -0.1) is 0 Å². The Labute approximate surface area is 159 Å². The van der Waals surface area contributed by atoms with Gasteiger partial charge in [-0.05, 0) is 36.8 Å². The maximum Gasteiger partial charge on any atom is 0.264 e. The van der Waals surface area contributed by atoms with Gasteiger partial charge in [0.2, 0.25) is 11.8 Å². The van der Waals surface area contributed by atoms with E-state index in [2.05, 4.69) is 15.5 Å². The molecule has 0 fully saturated rings. The van der Waals surface area contributed by atoms with Crippen LogP contribution < -0.4 is 11.0 Å². The number of aromatic hydroxyl groups is 1. The number of benzene rings is 1. The first-order valence-corrected chi connectivity index (χ1v) is 8.37. The van der Waals surface area contributed by atoms with Gasteiger partial charge in [-0.2, -0.15) is 5.10 Å². The van der Waals surface area contributed by atoms with Crippen molar-refractivity contribution in [2.24, 2.45) is 5.10 Å². The topological polar surface area (TPSA) is 109 Å². The van der Waals surface area contributed by atoms with Gasteiger partial charge < -0.3 is 9.84 Å². The molecule has 0 aliphatic rings. The molecule has 2 aromatic rings. The Morgan fingerprint density at radius 2 is 2.07 bits per heavy atom. The number of carbonyl (C=O) groups is 1. The van der Waals surface area contributed by atoms with Gasteiger partial charge in [-0.1, -0.05) is 12.1 Å². The normalized spacial score (nSPS) is 11.4. The molecule has 0 saturated heterocycles. The lowest BCUT2D eigenvalue weighted by Crippen LogP contribution is -2.26. The first-order chi connectivity index (χ1) is 12.8. The van der Waals surface area contributed by atoms with E-state index >= 15 is 0 Å². The zero-order valence-electron chi connectivity index (χ0n) is 14.8. The van der Waals surface area contributed by atoms with Gasteiger partial charge in [0.05, 0.1) is 25.3 Å². The summed E-state index contributed by atoms with van der Waals surface area (Å²) in [6.07, 6.45) is -0.0155. The molecule has 0 radical (unpaired) electrons. The molecule has 144 valence electrons. The number of aromatic amines is 1. The molecule has 0 atom stereocenters. The highest BCUT2D eigenvalue weighted by molar-refractivity contribution is 7.71. The molecule has 0 saturated carbocycles. The molecule has 2 rings (SSSR count). The number of hydrogen-bond donors (Lipinski definition) is 3. The highest BCUT2D eigenvalue weighted by Gasteiger charge is 2.16. The van der Waals surface area contributed by atoms with Gasteiger partial charge in [0.1, 0.15) is 11.4 Å². The highest BCUT2D eigenvalue weighted by Crippen LogP contribution is 2.14. The number of hydrazone groups is 1. The van der Waals surface area contributed by atoms with Crippen LogP contribution in [0.15, 0.2) is 34.2 Å². The van der Waals surface area contributed by atoms with Crippen LogP contribution in [0.3, 0.4) is 0 Å². The Hall–Kier alpha value is -2.85. The van der Waals surface area contributed by atoms with Gasteiger partial charge in [-0.25, -0.2) is 9.82 Å². The first-order valence-electron chi connectivity index (χ1n) is 7.96. The monoisotopic (exact) mass is 394 g/mol. The molecule has 0 bridgehead atoms. The summed E-state index contributed by atoms with van der Waals surface area (Å²) in [4.78, 5) is 26.6. The molecule has 0 spiro atoms. The number of aromatic nitrogens is 2. The smallest absolute Gasteiger partial charge is 0.264 e. The summed E-state index contributed by atoms with van der Waals surface area (Å²) >= 11 is 5.03. The van der Waals surface area contributed by atoms with Crippen molar-refractivity contribution in [1.29, 1.82) is 0 Å². The Kier molecular flexibility index (Phi) is 6.97. The van der Waals surface area contributed by atoms with Crippen molar-refractivity contribution in [3.8, 4) is 5.88 Å². The third kappa shape index (κ3) is 5.31. The van der Waals surface area contributed by atoms with Crippen LogP contribution in [0.5, 0.6) is 5.88 Å². The largest absolute Gasteiger partial charge is 0.494 e. The molecule has 1 amide bonds. The van der Waals surface area contributed by atoms with E-state index in [0.29, 0.717) is 5.56 Å². The number of amides is 1. The van der Waals surface area contributed by atoms with Crippen LogP contribution in [0, 0.1) is 10.6 Å². The number of rotatable bonds is 7. The third-order valence-corrected chi connectivity index (χ3v) is 4.00. The molecule has 8 nitrogen and oxygen atoms in total. The van der Waals surface area contributed by atoms with Crippen molar-refractivity contribution >= 4 is 23.8 Å². The molecule has 0 aliphatic heterocycles. The second kappa shape index (κ2) is 9.19. The van der Waals surface area contributed by atoms with Crippen molar-refractivity contribution < 1.29 is 19.0 Å². The number of nitrogens with one attached hydrogen (secondary N) is 2. The van der Waals surface area contributed by atoms with Crippen molar-refractivity contribution in [3.05, 3.63) is 56.3 Å². The molecular weight excluding hydrogens is 375 g/mol. The fraction of sp³-hybridized carbons (Fsp3) is 0.294. The van der Waals surface area contributed by atoms with E-state index in [1.54, 1.807) is 0 Å². The fourth-order valence-corrected chi connectivity index (χ4v) is 2.58. The third-order valence-electron chi connectivity index (χ3n) is 3.68. The number of carbonyl (C=O) groups excluding carboxylic acids is 1. The second-order valence-electron chi connectivity index (χ2n) is 5.64. The fourth-order valence-electron chi connectivity index (χ4n) is 2.31. The number of hydrogen-bond acceptors (Lipinski definition) is 6. The Morgan fingerprint density at radius 1 is 1.41 bits per heavy atom. The summed E-state index contributed by atoms with van der Waals surface area (Å²) in [6.45, 7) is 1.97. The van der Waals surface area contributed by atoms with Crippen LogP contribution in [-0.4, -0.2) is 40.0 Å². The quantitative estimate of drug-likeness (QED) is 0.374. The lowest BCUT2D eigenvalue weighted by atomic mass is 10.1. The van der Waals surface area contributed by atoms with Gasteiger partial charge in [0.15, 0.2) is 4.77 Å². The van der Waals surface area contributed by atoms with E-state index in [1.165, 1.54) is 42.9 Å². The SMILES string of the molecule is COCCn1c(O)c(/C(C)=N\NC(=O)Cc2ccc(F)cc2)c(=O)[nH]c1=S. The number of halogens is 1. The number of nitrogens with zero attached hydrogens (tertiary/aromatic N) is 2. The zero-order chi connectivity index (χ0) is 20.0.